The van der Waals surface area contributed by atoms with Gasteiger partial charge >= 0.3 is 0 Å². The van der Waals surface area contributed by atoms with E-state index in [4.69, 9.17) is 11.6 Å². The van der Waals surface area contributed by atoms with E-state index in [1.165, 1.54) is 25.7 Å². The second-order valence-corrected chi connectivity index (χ2v) is 6.13. The molecule has 1 fully saturated rings. The van der Waals surface area contributed by atoms with Crippen LogP contribution in [0.5, 0.6) is 0 Å². The number of nitrogens with one attached hydrogen (secondary N) is 1. The topological polar surface area (TPSA) is 29.9 Å². The van der Waals surface area contributed by atoms with Crippen molar-refractivity contribution < 1.29 is 0 Å². The molecule has 1 heterocycles. The van der Waals surface area contributed by atoms with Crippen molar-refractivity contribution in [3.8, 4) is 0 Å². The third kappa shape index (κ3) is 3.72. The number of rotatable bonds is 5. The lowest BCUT2D eigenvalue weighted by Gasteiger charge is -2.27. The summed E-state index contributed by atoms with van der Waals surface area (Å²) < 4.78 is 2.00. The van der Waals surface area contributed by atoms with Crippen molar-refractivity contribution in [1.29, 1.82) is 0 Å². The van der Waals surface area contributed by atoms with Gasteiger partial charge in [-0.3, -0.25) is 4.68 Å². The average Bonchev–Trinajstić information content (AvgIpc) is 2.80. The van der Waals surface area contributed by atoms with E-state index in [2.05, 4.69) is 30.3 Å². The van der Waals surface area contributed by atoms with Gasteiger partial charge in [-0.05, 0) is 45.2 Å². The smallest absolute Gasteiger partial charge is 0.0762 e. The fraction of sp³-hybridized carbons (Fsp3) is 0.786. The molecule has 2 atom stereocenters. The summed E-state index contributed by atoms with van der Waals surface area (Å²) >= 11 is 6.35. The molecule has 0 bridgehead atoms. The molecular weight excluding hydrogens is 246 g/mol. The Morgan fingerprint density at radius 2 is 2.22 bits per heavy atom. The highest BCUT2D eigenvalue weighted by molar-refractivity contribution is 6.20. The van der Waals surface area contributed by atoms with Gasteiger partial charge in [0, 0.05) is 24.2 Å². The van der Waals surface area contributed by atoms with Crippen LogP contribution in [0.3, 0.4) is 0 Å². The summed E-state index contributed by atoms with van der Waals surface area (Å²) in [4.78, 5) is 0. The van der Waals surface area contributed by atoms with Gasteiger partial charge in [-0.25, -0.2) is 0 Å². The van der Waals surface area contributed by atoms with Gasteiger partial charge in [0.15, 0.2) is 0 Å². The standard InChI is InChI=1S/C14H24ClN3/c1-11(2)18-8-7-13(17-18)10-16-9-12-5-3-4-6-14(12)15/h7-8,11-12,14,16H,3-6,9-10H2,1-2H3. The van der Waals surface area contributed by atoms with Gasteiger partial charge in [0.1, 0.15) is 0 Å². The highest BCUT2D eigenvalue weighted by atomic mass is 35.5. The molecule has 2 rings (SSSR count). The summed E-state index contributed by atoms with van der Waals surface area (Å²) in [6, 6.07) is 2.52. The van der Waals surface area contributed by atoms with Crippen LogP contribution < -0.4 is 5.32 Å². The van der Waals surface area contributed by atoms with Gasteiger partial charge in [-0.1, -0.05) is 12.8 Å². The maximum absolute atomic E-state index is 6.35. The molecule has 0 spiro atoms. The lowest BCUT2D eigenvalue weighted by molar-refractivity contribution is 0.347. The molecule has 1 N–H and O–H groups in total. The van der Waals surface area contributed by atoms with E-state index in [1.807, 2.05) is 10.9 Å². The minimum atomic E-state index is 0.361. The second kappa shape index (κ2) is 6.58. The Morgan fingerprint density at radius 3 is 2.89 bits per heavy atom. The number of nitrogens with zero attached hydrogens (tertiary/aromatic N) is 2. The van der Waals surface area contributed by atoms with Crippen LogP contribution in [0.1, 0.15) is 51.3 Å². The summed E-state index contributed by atoms with van der Waals surface area (Å²) in [6.07, 6.45) is 7.12. The summed E-state index contributed by atoms with van der Waals surface area (Å²) in [5.74, 6) is 0.632. The van der Waals surface area contributed by atoms with Crippen molar-refractivity contribution in [2.75, 3.05) is 6.54 Å². The summed E-state index contributed by atoms with van der Waals surface area (Å²) in [5, 5.41) is 8.39. The largest absolute Gasteiger partial charge is 0.311 e. The minimum absolute atomic E-state index is 0.361. The molecule has 0 aromatic carbocycles. The Balaban J connectivity index is 1.74. The molecule has 1 saturated carbocycles. The molecule has 0 aliphatic heterocycles. The maximum atomic E-state index is 6.35. The zero-order valence-corrected chi connectivity index (χ0v) is 12.2. The summed E-state index contributed by atoms with van der Waals surface area (Å²) in [7, 11) is 0. The van der Waals surface area contributed by atoms with Gasteiger partial charge in [0.25, 0.3) is 0 Å². The maximum Gasteiger partial charge on any atom is 0.0762 e. The van der Waals surface area contributed by atoms with Gasteiger partial charge < -0.3 is 5.32 Å². The van der Waals surface area contributed by atoms with Crippen LogP contribution in [0, 0.1) is 5.92 Å². The van der Waals surface area contributed by atoms with Crippen molar-refractivity contribution in [2.24, 2.45) is 5.92 Å². The third-order valence-electron chi connectivity index (χ3n) is 3.72. The van der Waals surface area contributed by atoms with Crippen LogP contribution in [-0.2, 0) is 6.54 Å². The molecule has 3 nitrogen and oxygen atoms in total. The van der Waals surface area contributed by atoms with Crippen molar-refractivity contribution in [1.82, 2.24) is 15.1 Å². The fourth-order valence-corrected chi connectivity index (χ4v) is 2.91. The molecule has 18 heavy (non-hydrogen) atoms. The van der Waals surface area contributed by atoms with E-state index in [-0.39, 0.29) is 0 Å². The number of hydrogen-bond acceptors (Lipinski definition) is 2. The zero-order chi connectivity index (χ0) is 13.0. The molecule has 4 heteroatoms. The Kier molecular flexibility index (Phi) is 5.07. The number of hydrogen-bond donors (Lipinski definition) is 1. The normalized spacial score (nSPS) is 24.7. The molecule has 0 amide bonds. The molecule has 1 aliphatic rings. The molecule has 0 saturated heterocycles. The van der Waals surface area contributed by atoms with E-state index in [1.54, 1.807) is 0 Å². The van der Waals surface area contributed by atoms with Crippen molar-refractivity contribution in [3.63, 3.8) is 0 Å². The Hall–Kier alpha value is -0.540. The molecular formula is C14H24ClN3. The van der Waals surface area contributed by atoms with Crippen LogP contribution >= 0.6 is 11.6 Å². The molecule has 102 valence electrons. The highest BCUT2D eigenvalue weighted by Gasteiger charge is 2.22. The van der Waals surface area contributed by atoms with Crippen LogP contribution in [0.2, 0.25) is 0 Å². The van der Waals surface area contributed by atoms with Gasteiger partial charge in [0.05, 0.1) is 5.69 Å². The first-order chi connectivity index (χ1) is 8.66. The SMILES string of the molecule is CC(C)n1ccc(CNCC2CCCCC2Cl)n1. The van der Waals surface area contributed by atoms with Crippen LogP contribution in [-0.4, -0.2) is 21.7 Å². The summed E-state index contributed by atoms with van der Waals surface area (Å²) in [5.41, 5.74) is 1.12. The molecule has 0 radical (unpaired) electrons. The fourth-order valence-electron chi connectivity index (χ4n) is 2.54. The number of aromatic nitrogens is 2. The van der Waals surface area contributed by atoms with E-state index >= 15 is 0 Å². The lowest BCUT2D eigenvalue weighted by Crippen LogP contribution is -2.31. The van der Waals surface area contributed by atoms with Crippen LogP contribution in [0.4, 0.5) is 0 Å². The molecule has 2 unspecified atom stereocenters. The van der Waals surface area contributed by atoms with E-state index < -0.39 is 0 Å². The molecule has 1 aromatic heterocycles. The predicted octanol–water partition coefficient (Wildman–Crippen LogP) is 3.35. The van der Waals surface area contributed by atoms with Crippen molar-refractivity contribution in [2.45, 2.75) is 57.5 Å². The zero-order valence-electron chi connectivity index (χ0n) is 11.4. The Labute approximate surface area is 115 Å². The first kappa shape index (κ1) is 13.9. The summed E-state index contributed by atoms with van der Waals surface area (Å²) in [6.45, 7) is 6.15. The predicted molar refractivity (Wildman–Crippen MR) is 75.9 cm³/mol. The third-order valence-corrected chi connectivity index (χ3v) is 4.30. The average molecular weight is 270 g/mol. The van der Waals surface area contributed by atoms with E-state index in [0.29, 0.717) is 17.3 Å². The monoisotopic (exact) mass is 269 g/mol. The second-order valence-electron chi connectivity index (χ2n) is 5.57. The minimum Gasteiger partial charge on any atom is -0.311 e. The first-order valence-electron chi connectivity index (χ1n) is 7.05. The van der Waals surface area contributed by atoms with Crippen LogP contribution in [0.15, 0.2) is 12.3 Å². The van der Waals surface area contributed by atoms with Gasteiger partial charge in [0.2, 0.25) is 0 Å². The highest BCUT2D eigenvalue weighted by Crippen LogP contribution is 2.27. The lowest BCUT2D eigenvalue weighted by atomic mass is 9.89. The van der Waals surface area contributed by atoms with Gasteiger partial charge in [-0.15, -0.1) is 11.6 Å². The number of alkyl halides is 1. The van der Waals surface area contributed by atoms with E-state index in [0.717, 1.165) is 18.8 Å². The van der Waals surface area contributed by atoms with Gasteiger partial charge in [-0.2, -0.15) is 5.10 Å². The van der Waals surface area contributed by atoms with Crippen molar-refractivity contribution in [3.05, 3.63) is 18.0 Å². The number of halogens is 1. The van der Waals surface area contributed by atoms with Crippen LogP contribution in [0.25, 0.3) is 0 Å². The molecule has 1 aromatic rings. The Bertz CT molecular complexity index is 362. The molecule has 1 aliphatic carbocycles. The quantitative estimate of drug-likeness (QED) is 0.831. The first-order valence-corrected chi connectivity index (χ1v) is 7.49. The van der Waals surface area contributed by atoms with Crippen molar-refractivity contribution >= 4 is 11.6 Å². The van der Waals surface area contributed by atoms with E-state index in [9.17, 15) is 0 Å². The Morgan fingerprint density at radius 1 is 1.44 bits per heavy atom.